The molecular formula is C54H64FN9O8S. The van der Waals surface area contributed by atoms with Crippen LogP contribution in [-0.2, 0) is 30.2 Å². The second kappa shape index (κ2) is 20.3. The van der Waals surface area contributed by atoms with Gasteiger partial charge in [-0.2, -0.15) is 0 Å². The maximum Gasteiger partial charge on any atom is 0.407 e. The zero-order chi connectivity index (χ0) is 51.3. The van der Waals surface area contributed by atoms with Crippen LogP contribution in [0.5, 0.6) is 5.75 Å². The van der Waals surface area contributed by atoms with Crippen LogP contribution in [0, 0.1) is 17.7 Å². The van der Waals surface area contributed by atoms with Crippen molar-refractivity contribution in [3.8, 4) is 39.5 Å². The van der Waals surface area contributed by atoms with Crippen molar-refractivity contribution in [2.45, 2.75) is 122 Å². The van der Waals surface area contributed by atoms with Gasteiger partial charge in [-0.25, -0.2) is 23.9 Å². The highest BCUT2D eigenvalue weighted by atomic mass is 32.1. The van der Waals surface area contributed by atoms with Gasteiger partial charge in [0.05, 0.1) is 77.3 Å². The van der Waals surface area contributed by atoms with Crippen LogP contribution in [0.25, 0.3) is 44.7 Å². The topological polar surface area (TPSA) is 198 Å². The van der Waals surface area contributed by atoms with Gasteiger partial charge in [-0.3, -0.25) is 14.2 Å². The Labute approximate surface area is 427 Å². The van der Waals surface area contributed by atoms with Gasteiger partial charge in [-0.1, -0.05) is 33.3 Å². The molecule has 3 saturated heterocycles. The Bertz CT molecular complexity index is 3050. The Kier molecular flexibility index (Phi) is 13.9. The van der Waals surface area contributed by atoms with Gasteiger partial charge in [-0.15, -0.1) is 11.3 Å². The molecule has 0 aliphatic carbocycles. The number of fused-ring (bicyclic) bond motifs is 5. The first-order chi connectivity index (χ1) is 35.1. The number of thiophene rings is 1. The average molecular weight is 1020 g/mol. The maximum atomic E-state index is 17.0. The molecule has 0 spiro atoms. The third kappa shape index (κ3) is 9.68. The van der Waals surface area contributed by atoms with Crippen molar-refractivity contribution in [1.29, 1.82) is 0 Å². The summed E-state index contributed by atoms with van der Waals surface area (Å²) in [6, 6.07) is 13.5. The SMILES string of the molecule is CCCc1ccc(C2Oc3cc(-c4cnc([C@@H]5CCCN5C(=O)[C@@H](NC(=O)OC)C(C)C)[nH]4)cc(F)c3-c3cc4cc(-c5cnc([C@@H]6CCCN6C(=O)C(NC(=O)OC)C6CCOC(C)(C)C6)[nH]5)ccc4n32)s1. The van der Waals surface area contributed by atoms with E-state index in [-0.39, 0.29) is 35.7 Å². The van der Waals surface area contributed by atoms with Gasteiger partial charge in [0.2, 0.25) is 18.0 Å². The molecule has 6 atom stereocenters. The molecular weight excluding hydrogens is 954 g/mol. The minimum absolute atomic E-state index is 0.129. The first kappa shape index (κ1) is 49.8. The van der Waals surface area contributed by atoms with Gasteiger partial charge in [0.15, 0.2) is 0 Å². The number of ether oxygens (including phenoxy) is 4. The molecule has 73 heavy (non-hydrogen) atoms. The summed E-state index contributed by atoms with van der Waals surface area (Å²) in [4.78, 5) is 75.3. The van der Waals surface area contributed by atoms with Crippen LogP contribution >= 0.6 is 11.3 Å². The molecule has 17 nitrogen and oxygen atoms in total. The molecule has 8 heterocycles. The smallest absolute Gasteiger partial charge is 0.407 e. The summed E-state index contributed by atoms with van der Waals surface area (Å²) in [6.45, 7) is 11.4. The van der Waals surface area contributed by atoms with Crippen molar-refractivity contribution in [3.05, 3.63) is 88.1 Å². The maximum absolute atomic E-state index is 17.0. The Morgan fingerprint density at radius 1 is 0.863 bits per heavy atom. The van der Waals surface area contributed by atoms with Gasteiger partial charge < -0.3 is 49.3 Å². The number of rotatable bonds is 13. The van der Waals surface area contributed by atoms with Crippen LogP contribution in [0.1, 0.15) is 119 Å². The summed E-state index contributed by atoms with van der Waals surface area (Å²) in [5, 5.41) is 6.43. The lowest BCUT2D eigenvalue weighted by molar-refractivity contribution is -0.139. The number of nitrogens with one attached hydrogen (secondary N) is 4. The van der Waals surface area contributed by atoms with Gasteiger partial charge >= 0.3 is 12.2 Å². The van der Waals surface area contributed by atoms with Crippen molar-refractivity contribution in [2.24, 2.45) is 11.8 Å². The summed E-state index contributed by atoms with van der Waals surface area (Å²) in [7, 11) is 2.57. The standard InChI is InChI=1S/C54H64FN9O8S/c1-8-11-34-15-17-43(73-34)51-64-38-16-14-30(36-27-56-47(58-36)40-13-10-20-63(40)50(66)46(61-53(68)70-7)31-18-21-71-54(4,5)26-31)22-33(38)24-41(64)44-35(55)23-32(25-42(44)72-51)37-28-57-48(59-37)39-12-9-19-62(39)49(65)45(29(2)3)60-52(67)69-6/h14-17,22-25,27-29,31,39-40,45-46,51H,8-13,18-21,26H2,1-7H3,(H,56,58)(H,57,59)(H,60,67)(H,61,68)/t31?,39-,40-,45-,46?,51?/m0/s1. The molecule has 4 aromatic heterocycles. The van der Waals surface area contributed by atoms with Crippen LogP contribution in [0.4, 0.5) is 14.0 Å². The number of nitrogens with zero attached hydrogens (tertiary/aromatic N) is 5. The average Bonchev–Trinajstić information content (AvgIpc) is 4.24. The summed E-state index contributed by atoms with van der Waals surface area (Å²) in [6.07, 6.45) is 7.65. The van der Waals surface area contributed by atoms with Gasteiger partial charge in [0.25, 0.3) is 0 Å². The van der Waals surface area contributed by atoms with Crippen LogP contribution in [0.3, 0.4) is 0 Å². The molecule has 10 rings (SSSR count). The number of aromatic amines is 2. The van der Waals surface area contributed by atoms with E-state index in [0.717, 1.165) is 52.7 Å². The molecule has 19 heteroatoms. The molecule has 4 N–H and O–H groups in total. The summed E-state index contributed by atoms with van der Waals surface area (Å²) >= 11 is 1.69. The van der Waals surface area contributed by atoms with E-state index >= 15 is 4.39 Å². The quantitative estimate of drug-likeness (QED) is 0.0864. The number of benzene rings is 2. The highest BCUT2D eigenvalue weighted by Gasteiger charge is 2.43. The molecule has 4 aliphatic heterocycles. The highest BCUT2D eigenvalue weighted by Crippen LogP contribution is 2.49. The monoisotopic (exact) mass is 1020 g/mol. The normalized spacial score (nSPS) is 21.1. The summed E-state index contributed by atoms with van der Waals surface area (Å²) in [5.41, 5.74) is 4.20. The van der Waals surface area contributed by atoms with Crippen LogP contribution in [-0.4, -0.2) is 110 Å². The molecule has 386 valence electrons. The number of hydrogen-bond acceptors (Lipinski definition) is 11. The molecule has 2 aromatic carbocycles. The van der Waals surface area contributed by atoms with E-state index in [0.29, 0.717) is 85.3 Å². The van der Waals surface area contributed by atoms with Crippen molar-refractivity contribution < 1.29 is 42.5 Å². The Balaban J connectivity index is 0.950. The van der Waals surface area contributed by atoms with E-state index in [9.17, 15) is 19.2 Å². The van der Waals surface area contributed by atoms with Gasteiger partial charge in [-0.05, 0) is 113 Å². The zero-order valence-corrected chi connectivity index (χ0v) is 43.2. The summed E-state index contributed by atoms with van der Waals surface area (Å²) < 4.78 is 41.7. The fraction of sp³-hybridized carbons (Fsp3) is 0.481. The van der Waals surface area contributed by atoms with Crippen molar-refractivity contribution in [1.82, 2.24) is 44.9 Å². The first-order valence-corrected chi connectivity index (χ1v) is 26.3. The van der Waals surface area contributed by atoms with E-state index in [4.69, 9.17) is 28.9 Å². The lowest BCUT2D eigenvalue weighted by Crippen LogP contribution is -2.54. The third-order valence-corrected chi connectivity index (χ3v) is 16.1. The third-order valence-electron chi connectivity index (χ3n) is 14.9. The predicted molar refractivity (Wildman–Crippen MR) is 273 cm³/mol. The first-order valence-electron chi connectivity index (χ1n) is 25.4. The van der Waals surface area contributed by atoms with Gasteiger partial charge in [0, 0.05) is 41.1 Å². The fourth-order valence-corrected chi connectivity index (χ4v) is 12.5. The number of halogens is 1. The highest BCUT2D eigenvalue weighted by molar-refractivity contribution is 7.12. The number of H-pyrrole nitrogens is 2. The number of aromatic nitrogens is 5. The van der Waals surface area contributed by atoms with E-state index in [2.05, 4.69) is 50.3 Å². The van der Waals surface area contributed by atoms with Crippen molar-refractivity contribution in [2.75, 3.05) is 33.9 Å². The Hall–Kier alpha value is -6.73. The Morgan fingerprint density at radius 3 is 2.19 bits per heavy atom. The molecule has 0 bridgehead atoms. The zero-order valence-electron chi connectivity index (χ0n) is 42.4. The predicted octanol–water partition coefficient (Wildman–Crippen LogP) is 9.82. The minimum Gasteiger partial charge on any atom is -0.464 e. The molecule has 3 unspecified atom stereocenters. The number of carbonyl (C=O) groups excluding carboxylic acids is 4. The van der Waals surface area contributed by atoms with Gasteiger partial charge in [0.1, 0.15) is 35.3 Å². The summed E-state index contributed by atoms with van der Waals surface area (Å²) in [5.74, 6) is 0.478. The van der Waals surface area contributed by atoms with Crippen molar-refractivity contribution in [3.63, 3.8) is 0 Å². The number of imidazole rings is 2. The fourth-order valence-electron chi connectivity index (χ4n) is 11.3. The molecule has 0 radical (unpaired) electrons. The number of hydrogen-bond donors (Lipinski definition) is 4. The van der Waals surface area contributed by atoms with Crippen molar-refractivity contribution >= 4 is 46.2 Å². The lowest BCUT2D eigenvalue weighted by Gasteiger charge is -2.40. The Morgan fingerprint density at radius 2 is 1.53 bits per heavy atom. The number of alkyl carbamates (subject to hydrolysis) is 2. The van der Waals surface area contributed by atoms with E-state index < -0.39 is 41.9 Å². The van der Waals surface area contributed by atoms with Crippen LogP contribution in [0.15, 0.2) is 60.9 Å². The van der Waals surface area contributed by atoms with E-state index in [1.54, 1.807) is 28.6 Å². The van der Waals surface area contributed by atoms with E-state index in [1.165, 1.54) is 25.2 Å². The second-order valence-corrected chi connectivity index (χ2v) is 21.8. The number of carbonyl (C=O) groups is 4. The molecule has 4 aliphatic rings. The second-order valence-electron chi connectivity index (χ2n) is 20.6. The van der Waals surface area contributed by atoms with Crippen LogP contribution in [0.2, 0.25) is 0 Å². The van der Waals surface area contributed by atoms with Crippen LogP contribution < -0.4 is 15.4 Å². The molecule has 0 saturated carbocycles. The van der Waals surface area contributed by atoms with E-state index in [1.807, 2.05) is 56.9 Å². The largest absolute Gasteiger partial charge is 0.464 e. The number of aryl methyl sites for hydroxylation is 1. The minimum atomic E-state index is -0.775. The molecule has 6 aromatic rings. The number of likely N-dealkylation sites (tertiary alicyclic amines) is 2. The molecule has 3 fully saturated rings. The number of methoxy groups -OCH3 is 2. The lowest BCUT2D eigenvalue weighted by atomic mass is 9.82. The molecule has 4 amide bonds. The number of amides is 4.